The van der Waals surface area contributed by atoms with Crippen molar-refractivity contribution in [3.8, 4) is 0 Å². The highest BCUT2D eigenvalue weighted by molar-refractivity contribution is 9.24. The molecule has 0 aromatic rings. The zero-order chi connectivity index (χ0) is 7.28. The predicted octanol–water partition coefficient (Wildman–Crippen LogP) is 0.777. The molecule has 0 heterocycles. The molecule has 9 heavy (non-hydrogen) atoms. The fraction of sp³-hybridized carbons (Fsp3) is 0.750. The first-order chi connectivity index (χ1) is 4.13. The molecule has 0 fully saturated rings. The first-order valence-corrected chi connectivity index (χ1v) is 4.16. The van der Waals surface area contributed by atoms with E-state index in [0.717, 1.165) is 0 Å². The van der Waals surface area contributed by atoms with Gasteiger partial charge < -0.3 is 10.4 Å². The molecule has 0 bridgehead atoms. The minimum atomic E-state index is -0.837. The third-order valence-corrected chi connectivity index (χ3v) is 1.22. The summed E-state index contributed by atoms with van der Waals surface area (Å²) in [7, 11) is 0. The minimum absolute atomic E-state index is 0.00764. The van der Waals surface area contributed by atoms with Crippen LogP contribution in [0.4, 0.5) is 0 Å². The van der Waals surface area contributed by atoms with Crippen molar-refractivity contribution in [1.29, 1.82) is 0 Å². The normalized spacial score (nSPS) is 10.1. The fourth-order valence-corrected chi connectivity index (χ4v) is 0.746. The number of hydrogen-bond acceptors (Lipinski definition) is 2. The Balaban J connectivity index is 3.01. The molecule has 0 rings (SSSR count). The van der Waals surface area contributed by atoms with Crippen LogP contribution in [0, 0.1) is 0 Å². The third kappa shape index (κ3) is 8.39. The number of carboxylic acids is 1. The molecule has 0 aliphatic rings. The summed E-state index contributed by atoms with van der Waals surface area (Å²) in [6.07, 6.45) is 0. The predicted molar refractivity (Wildman–Crippen MR) is 42.1 cm³/mol. The SMILES string of the molecule is O=C(O)CNCC(Br)Br. The number of carboxylic acid groups (broad SMARTS) is 1. The molecule has 2 N–H and O–H groups in total. The van der Waals surface area contributed by atoms with Gasteiger partial charge in [-0.05, 0) is 0 Å². The summed E-state index contributed by atoms with van der Waals surface area (Å²) in [4.78, 5) is 9.89. The van der Waals surface area contributed by atoms with E-state index < -0.39 is 5.97 Å². The van der Waals surface area contributed by atoms with E-state index in [0.29, 0.717) is 6.54 Å². The van der Waals surface area contributed by atoms with Gasteiger partial charge in [0.2, 0.25) is 0 Å². The molecule has 0 aliphatic heterocycles. The molecule has 0 atom stereocenters. The second-order valence-corrected chi connectivity index (χ2v) is 4.86. The quantitative estimate of drug-likeness (QED) is 0.735. The van der Waals surface area contributed by atoms with E-state index in [9.17, 15) is 4.79 Å². The number of carbonyl (C=O) groups is 1. The van der Waals surface area contributed by atoms with Crippen molar-refractivity contribution in [2.75, 3.05) is 13.1 Å². The van der Waals surface area contributed by atoms with Gasteiger partial charge in [0.25, 0.3) is 0 Å². The maximum Gasteiger partial charge on any atom is 0.317 e. The molecule has 0 unspecified atom stereocenters. The van der Waals surface area contributed by atoms with E-state index >= 15 is 0 Å². The molecule has 0 aromatic carbocycles. The summed E-state index contributed by atoms with van der Waals surface area (Å²) in [5, 5.41) is 10.8. The lowest BCUT2D eigenvalue weighted by molar-refractivity contribution is -0.135. The molecular weight excluding hydrogens is 254 g/mol. The van der Waals surface area contributed by atoms with Crippen LogP contribution in [0.2, 0.25) is 0 Å². The summed E-state index contributed by atoms with van der Waals surface area (Å²) in [5.41, 5.74) is 0. The average molecular weight is 261 g/mol. The van der Waals surface area contributed by atoms with Gasteiger partial charge in [-0.3, -0.25) is 4.79 Å². The van der Waals surface area contributed by atoms with Crippen molar-refractivity contribution in [2.45, 2.75) is 3.74 Å². The van der Waals surface area contributed by atoms with E-state index in [1.807, 2.05) is 0 Å². The summed E-state index contributed by atoms with van der Waals surface area (Å²) >= 11 is 6.37. The summed E-state index contributed by atoms with van der Waals surface area (Å²) in [6.45, 7) is 0.611. The highest BCUT2D eigenvalue weighted by atomic mass is 79.9. The molecule has 0 aromatic heterocycles. The van der Waals surface area contributed by atoms with Crippen LogP contribution in [0.5, 0.6) is 0 Å². The number of aliphatic carboxylic acids is 1. The van der Waals surface area contributed by atoms with Crippen molar-refractivity contribution in [1.82, 2.24) is 5.32 Å². The van der Waals surface area contributed by atoms with Crippen molar-refractivity contribution < 1.29 is 9.90 Å². The van der Waals surface area contributed by atoms with Gasteiger partial charge >= 0.3 is 5.97 Å². The van der Waals surface area contributed by atoms with Crippen LogP contribution in [0.1, 0.15) is 0 Å². The van der Waals surface area contributed by atoms with Crippen molar-refractivity contribution in [3.63, 3.8) is 0 Å². The Morgan fingerprint density at radius 2 is 2.22 bits per heavy atom. The van der Waals surface area contributed by atoms with Crippen LogP contribution in [0.15, 0.2) is 0 Å². The zero-order valence-electron chi connectivity index (χ0n) is 4.60. The number of nitrogens with one attached hydrogen (secondary N) is 1. The lowest BCUT2D eigenvalue weighted by atomic mass is 10.6. The summed E-state index contributed by atoms with van der Waals surface area (Å²) in [5.74, 6) is -0.837. The second kappa shape index (κ2) is 5.20. The Morgan fingerprint density at radius 1 is 1.67 bits per heavy atom. The van der Waals surface area contributed by atoms with E-state index in [1.54, 1.807) is 0 Å². The largest absolute Gasteiger partial charge is 0.480 e. The van der Waals surface area contributed by atoms with Gasteiger partial charge in [-0.15, -0.1) is 0 Å². The Morgan fingerprint density at radius 3 is 2.56 bits per heavy atom. The molecule has 0 saturated carbocycles. The molecule has 0 amide bonds. The lowest BCUT2D eigenvalue weighted by Gasteiger charge is -1.99. The fourth-order valence-electron chi connectivity index (χ4n) is 0.288. The van der Waals surface area contributed by atoms with Gasteiger partial charge in [0.15, 0.2) is 0 Å². The monoisotopic (exact) mass is 259 g/mol. The number of halogens is 2. The van der Waals surface area contributed by atoms with Gasteiger partial charge in [0.1, 0.15) is 0 Å². The molecule has 0 spiro atoms. The van der Waals surface area contributed by atoms with E-state index in [4.69, 9.17) is 5.11 Å². The average Bonchev–Trinajstić information content (AvgIpc) is 1.63. The maximum absolute atomic E-state index is 9.89. The molecule has 0 aliphatic carbocycles. The van der Waals surface area contributed by atoms with Crippen molar-refractivity contribution >= 4 is 37.8 Å². The number of alkyl halides is 2. The van der Waals surface area contributed by atoms with Crippen LogP contribution in [0.25, 0.3) is 0 Å². The topological polar surface area (TPSA) is 49.3 Å². The minimum Gasteiger partial charge on any atom is -0.480 e. The molecule has 5 heteroatoms. The van der Waals surface area contributed by atoms with Crippen molar-refractivity contribution in [3.05, 3.63) is 0 Å². The Hall–Kier alpha value is 0.390. The highest BCUT2D eigenvalue weighted by Gasteiger charge is 1.98. The van der Waals surface area contributed by atoms with Crippen LogP contribution < -0.4 is 5.32 Å². The Kier molecular flexibility index (Phi) is 5.42. The zero-order valence-corrected chi connectivity index (χ0v) is 7.77. The second-order valence-electron chi connectivity index (χ2n) is 1.42. The lowest BCUT2D eigenvalue weighted by Crippen LogP contribution is -2.26. The molecule has 0 saturated heterocycles. The first-order valence-electron chi connectivity index (χ1n) is 2.33. The number of rotatable bonds is 4. The molecular formula is C4H7Br2NO2. The number of hydrogen-bond donors (Lipinski definition) is 2. The molecule has 0 radical (unpaired) electrons. The van der Waals surface area contributed by atoms with Crippen LogP contribution in [0.3, 0.4) is 0 Å². The van der Waals surface area contributed by atoms with Crippen LogP contribution in [-0.2, 0) is 4.79 Å². The molecule has 54 valence electrons. The van der Waals surface area contributed by atoms with Gasteiger partial charge in [-0.25, -0.2) is 0 Å². The Labute approximate surface area is 70.1 Å². The van der Waals surface area contributed by atoms with Gasteiger partial charge in [0, 0.05) is 6.54 Å². The van der Waals surface area contributed by atoms with Crippen LogP contribution in [-0.4, -0.2) is 27.9 Å². The first kappa shape index (κ1) is 9.39. The summed E-state index contributed by atoms with van der Waals surface area (Å²) < 4.78 is 0.143. The van der Waals surface area contributed by atoms with Gasteiger partial charge in [-0.2, -0.15) is 0 Å². The van der Waals surface area contributed by atoms with Crippen molar-refractivity contribution in [2.24, 2.45) is 0 Å². The molecule has 3 nitrogen and oxygen atoms in total. The van der Waals surface area contributed by atoms with Crippen LogP contribution >= 0.6 is 31.9 Å². The smallest absolute Gasteiger partial charge is 0.317 e. The maximum atomic E-state index is 9.89. The van der Waals surface area contributed by atoms with E-state index in [1.165, 1.54) is 0 Å². The standard InChI is InChI=1S/C4H7Br2NO2/c5-3(6)1-7-2-4(8)9/h3,7H,1-2H2,(H,8,9). The Bertz CT molecular complexity index is 96.6. The van der Waals surface area contributed by atoms with E-state index in [-0.39, 0.29) is 10.3 Å². The highest BCUT2D eigenvalue weighted by Crippen LogP contribution is 2.04. The third-order valence-electron chi connectivity index (χ3n) is 0.575. The summed E-state index contributed by atoms with van der Waals surface area (Å²) in [6, 6.07) is 0. The van der Waals surface area contributed by atoms with E-state index in [2.05, 4.69) is 37.2 Å². The van der Waals surface area contributed by atoms with Gasteiger partial charge in [-0.1, -0.05) is 31.9 Å². The van der Waals surface area contributed by atoms with Gasteiger partial charge in [0.05, 0.1) is 10.3 Å².